The van der Waals surface area contributed by atoms with Crippen LogP contribution in [0.3, 0.4) is 0 Å². The second-order valence-corrected chi connectivity index (χ2v) is 3.66. The smallest absolute Gasteiger partial charge is 0.216 e. The van der Waals surface area contributed by atoms with E-state index in [9.17, 15) is 4.79 Å². The van der Waals surface area contributed by atoms with E-state index in [1.54, 1.807) is 7.05 Å². The van der Waals surface area contributed by atoms with E-state index < -0.39 is 0 Å². The van der Waals surface area contributed by atoms with Gasteiger partial charge in [-0.2, -0.15) is 0 Å². The van der Waals surface area contributed by atoms with Gasteiger partial charge in [-0.3, -0.25) is 9.78 Å². The Kier molecular flexibility index (Phi) is 4.81. The van der Waals surface area contributed by atoms with E-state index in [0.717, 1.165) is 0 Å². The summed E-state index contributed by atoms with van der Waals surface area (Å²) in [4.78, 5) is 13.8. The van der Waals surface area contributed by atoms with E-state index in [1.165, 1.54) is 43.7 Å². The topological polar surface area (TPSA) is 42.0 Å². The van der Waals surface area contributed by atoms with E-state index in [-0.39, 0.29) is 5.91 Å². The first kappa shape index (κ1) is 11.7. The molecular formula is C12H18N2O. The number of nitrogens with zero attached hydrogens (tertiary/aromatic N) is 1. The summed E-state index contributed by atoms with van der Waals surface area (Å²) in [6.45, 7) is 1.47. The van der Waals surface area contributed by atoms with E-state index in [1.807, 2.05) is 12.4 Å². The quantitative estimate of drug-likeness (QED) is 0.702. The van der Waals surface area contributed by atoms with Crippen molar-refractivity contribution in [3.8, 4) is 0 Å². The van der Waals surface area contributed by atoms with E-state index in [2.05, 4.69) is 16.4 Å². The van der Waals surface area contributed by atoms with E-state index in [0.29, 0.717) is 0 Å². The molecule has 82 valence electrons. The van der Waals surface area contributed by atoms with Gasteiger partial charge in [0.2, 0.25) is 5.91 Å². The van der Waals surface area contributed by atoms with Crippen molar-refractivity contribution in [1.29, 1.82) is 0 Å². The molecular weight excluding hydrogens is 188 g/mol. The number of aryl methyl sites for hydroxylation is 2. The summed E-state index contributed by atoms with van der Waals surface area (Å²) in [5.41, 5.74) is 2.98. The van der Waals surface area contributed by atoms with Gasteiger partial charge in [0.25, 0.3) is 0 Å². The molecule has 15 heavy (non-hydrogen) atoms. The summed E-state index contributed by atoms with van der Waals surface area (Å²) in [6.07, 6.45) is 9.11. The number of carbonyl (C=O) groups excluding carboxylic acids is 1. The molecule has 0 spiro atoms. The lowest BCUT2D eigenvalue weighted by molar-refractivity contribution is -0.118. The standard InChI is InChI=1S/C9H11N.C3H7NO/c1-2-4-9-7-10-6-5-8(9)3-1;1-3(5)4-2/h5-7H,1-4H2;1-2H3,(H,4,5). The fourth-order valence-corrected chi connectivity index (χ4v) is 1.56. The van der Waals surface area contributed by atoms with Gasteiger partial charge < -0.3 is 5.32 Å². The van der Waals surface area contributed by atoms with Crippen LogP contribution in [0, 0.1) is 0 Å². The average molecular weight is 206 g/mol. The molecule has 1 aromatic rings. The zero-order valence-corrected chi connectivity index (χ0v) is 9.42. The Hall–Kier alpha value is -1.38. The fourth-order valence-electron chi connectivity index (χ4n) is 1.56. The predicted molar refractivity (Wildman–Crippen MR) is 60.6 cm³/mol. The molecule has 1 aliphatic carbocycles. The van der Waals surface area contributed by atoms with Gasteiger partial charge in [-0.1, -0.05) is 0 Å². The normalized spacial score (nSPS) is 13.2. The molecule has 0 fully saturated rings. The van der Waals surface area contributed by atoms with Gasteiger partial charge in [0.1, 0.15) is 0 Å². The second-order valence-electron chi connectivity index (χ2n) is 3.66. The number of nitrogens with one attached hydrogen (secondary N) is 1. The van der Waals surface area contributed by atoms with Crippen molar-refractivity contribution >= 4 is 5.91 Å². The zero-order chi connectivity index (χ0) is 11.1. The highest BCUT2D eigenvalue weighted by atomic mass is 16.1. The third kappa shape index (κ3) is 4.11. The minimum absolute atomic E-state index is 0.00463. The molecule has 2 rings (SSSR count). The van der Waals surface area contributed by atoms with Crippen LogP contribution in [0.2, 0.25) is 0 Å². The van der Waals surface area contributed by atoms with Crippen molar-refractivity contribution in [2.45, 2.75) is 32.6 Å². The van der Waals surface area contributed by atoms with Crippen LogP contribution in [-0.2, 0) is 17.6 Å². The molecule has 1 aliphatic rings. The minimum Gasteiger partial charge on any atom is -0.359 e. The molecule has 1 N–H and O–H groups in total. The van der Waals surface area contributed by atoms with Crippen LogP contribution in [0.25, 0.3) is 0 Å². The first-order chi connectivity index (χ1) is 7.24. The monoisotopic (exact) mass is 206 g/mol. The van der Waals surface area contributed by atoms with Crippen molar-refractivity contribution in [2.75, 3.05) is 7.05 Å². The highest BCUT2D eigenvalue weighted by molar-refractivity contribution is 5.72. The van der Waals surface area contributed by atoms with Crippen LogP contribution < -0.4 is 5.32 Å². The van der Waals surface area contributed by atoms with E-state index in [4.69, 9.17) is 0 Å². The molecule has 1 amide bonds. The van der Waals surface area contributed by atoms with Crippen molar-refractivity contribution < 1.29 is 4.79 Å². The second kappa shape index (κ2) is 6.17. The van der Waals surface area contributed by atoms with Gasteiger partial charge in [-0.05, 0) is 42.9 Å². The van der Waals surface area contributed by atoms with Crippen LogP contribution in [0.4, 0.5) is 0 Å². The molecule has 0 atom stereocenters. The Morgan fingerprint density at radius 1 is 1.33 bits per heavy atom. The maximum absolute atomic E-state index is 9.70. The largest absolute Gasteiger partial charge is 0.359 e. The van der Waals surface area contributed by atoms with Gasteiger partial charge in [0, 0.05) is 26.4 Å². The molecule has 1 aromatic heterocycles. The third-order valence-corrected chi connectivity index (χ3v) is 2.50. The van der Waals surface area contributed by atoms with Crippen LogP contribution >= 0.6 is 0 Å². The SMILES string of the molecule is CNC(C)=O.c1cc2c(cn1)CCCC2. The highest BCUT2D eigenvalue weighted by Crippen LogP contribution is 2.18. The van der Waals surface area contributed by atoms with Gasteiger partial charge >= 0.3 is 0 Å². The van der Waals surface area contributed by atoms with Gasteiger partial charge in [0.15, 0.2) is 0 Å². The van der Waals surface area contributed by atoms with Crippen molar-refractivity contribution in [1.82, 2.24) is 10.3 Å². The molecule has 3 nitrogen and oxygen atoms in total. The van der Waals surface area contributed by atoms with Gasteiger partial charge in [0.05, 0.1) is 0 Å². The number of carbonyl (C=O) groups is 1. The average Bonchev–Trinajstić information content (AvgIpc) is 2.30. The number of hydrogen-bond acceptors (Lipinski definition) is 2. The summed E-state index contributed by atoms with van der Waals surface area (Å²) < 4.78 is 0. The molecule has 0 saturated carbocycles. The van der Waals surface area contributed by atoms with Crippen molar-refractivity contribution in [2.24, 2.45) is 0 Å². The summed E-state index contributed by atoms with van der Waals surface area (Å²) in [7, 11) is 1.60. The van der Waals surface area contributed by atoms with Crippen LogP contribution in [0.5, 0.6) is 0 Å². The Morgan fingerprint density at radius 3 is 2.47 bits per heavy atom. The third-order valence-electron chi connectivity index (χ3n) is 2.50. The molecule has 1 heterocycles. The molecule has 0 saturated heterocycles. The fraction of sp³-hybridized carbons (Fsp3) is 0.500. The Bertz CT molecular complexity index is 298. The highest BCUT2D eigenvalue weighted by Gasteiger charge is 2.06. The number of rotatable bonds is 0. The first-order valence-corrected chi connectivity index (χ1v) is 5.34. The van der Waals surface area contributed by atoms with Crippen LogP contribution in [-0.4, -0.2) is 17.9 Å². The van der Waals surface area contributed by atoms with Gasteiger partial charge in [-0.15, -0.1) is 0 Å². The summed E-state index contributed by atoms with van der Waals surface area (Å²) in [6, 6.07) is 2.15. The summed E-state index contributed by atoms with van der Waals surface area (Å²) in [5, 5.41) is 2.39. The lowest BCUT2D eigenvalue weighted by Crippen LogP contribution is -2.11. The minimum atomic E-state index is 0.00463. The number of amides is 1. The number of aromatic nitrogens is 1. The Balaban J connectivity index is 0.000000195. The summed E-state index contributed by atoms with van der Waals surface area (Å²) in [5.74, 6) is 0.00463. The molecule has 0 radical (unpaired) electrons. The Labute approximate surface area is 90.9 Å². The number of fused-ring (bicyclic) bond motifs is 1. The first-order valence-electron chi connectivity index (χ1n) is 5.34. The lowest BCUT2D eigenvalue weighted by Gasteiger charge is -2.13. The van der Waals surface area contributed by atoms with Crippen LogP contribution in [0.15, 0.2) is 18.5 Å². The zero-order valence-electron chi connectivity index (χ0n) is 9.42. The molecule has 0 bridgehead atoms. The molecule has 3 heteroatoms. The lowest BCUT2D eigenvalue weighted by atomic mass is 9.94. The molecule has 0 aromatic carbocycles. The summed E-state index contributed by atoms with van der Waals surface area (Å²) >= 11 is 0. The van der Waals surface area contributed by atoms with Crippen molar-refractivity contribution in [3.05, 3.63) is 29.6 Å². The van der Waals surface area contributed by atoms with Crippen LogP contribution in [0.1, 0.15) is 30.9 Å². The van der Waals surface area contributed by atoms with Crippen molar-refractivity contribution in [3.63, 3.8) is 0 Å². The maximum Gasteiger partial charge on any atom is 0.216 e. The number of pyridine rings is 1. The predicted octanol–water partition coefficient (Wildman–Crippen LogP) is 1.71. The molecule has 0 unspecified atom stereocenters. The number of hydrogen-bond donors (Lipinski definition) is 1. The molecule has 0 aliphatic heterocycles. The maximum atomic E-state index is 9.70. The van der Waals surface area contributed by atoms with Gasteiger partial charge in [-0.25, -0.2) is 0 Å². The Morgan fingerprint density at radius 2 is 1.93 bits per heavy atom. The van der Waals surface area contributed by atoms with E-state index >= 15 is 0 Å².